The molecule has 1 unspecified atom stereocenters. The van der Waals surface area contributed by atoms with Gasteiger partial charge in [-0.2, -0.15) is 5.10 Å². The number of amidine groups is 1. The van der Waals surface area contributed by atoms with Crippen molar-refractivity contribution >= 4 is 11.7 Å². The van der Waals surface area contributed by atoms with Gasteiger partial charge in [0.15, 0.2) is 0 Å². The van der Waals surface area contributed by atoms with Crippen molar-refractivity contribution in [3.05, 3.63) is 18.0 Å². The molecule has 0 fully saturated rings. The largest absolute Gasteiger partial charge is 0.308 e. The van der Waals surface area contributed by atoms with E-state index in [2.05, 4.69) is 15.4 Å². The van der Waals surface area contributed by atoms with E-state index in [1.165, 1.54) is 0 Å². The van der Waals surface area contributed by atoms with E-state index >= 15 is 0 Å². The number of nitrogens with one attached hydrogen (secondary N) is 1. The normalized spacial score (nSPS) is 20.7. The molecule has 1 atom stereocenters. The minimum absolute atomic E-state index is 0.0242. The topological polar surface area (TPSA) is 59.3 Å². The Bertz CT molecular complexity index is 419. The number of carbonyl (C=O) groups excluding carboxylic acids is 1. The molecule has 0 saturated carbocycles. The van der Waals surface area contributed by atoms with Gasteiger partial charge in [0.1, 0.15) is 11.9 Å². The summed E-state index contributed by atoms with van der Waals surface area (Å²) in [5.41, 5.74) is 0.856. The highest BCUT2D eigenvalue weighted by Crippen LogP contribution is 2.14. The van der Waals surface area contributed by atoms with Crippen LogP contribution in [-0.4, -0.2) is 27.6 Å². The molecule has 1 amide bonds. The van der Waals surface area contributed by atoms with Crippen molar-refractivity contribution in [1.82, 2.24) is 15.1 Å². The second-order valence-electron chi connectivity index (χ2n) is 4.06. The summed E-state index contributed by atoms with van der Waals surface area (Å²) in [6, 6.07) is -0.264. The van der Waals surface area contributed by atoms with Gasteiger partial charge in [-0.1, -0.05) is 13.8 Å². The van der Waals surface area contributed by atoms with Gasteiger partial charge in [0, 0.05) is 13.2 Å². The van der Waals surface area contributed by atoms with Crippen LogP contribution in [0.4, 0.5) is 0 Å². The van der Waals surface area contributed by atoms with Gasteiger partial charge in [0.25, 0.3) is 5.91 Å². The molecule has 1 aromatic heterocycles. The van der Waals surface area contributed by atoms with Crippen molar-refractivity contribution in [3.8, 4) is 0 Å². The number of aromatic nitrogens is 2. The molecule has 0 radical (unpaired) electrons. The Morgan fingerprint density at radius 1 is 1.53 bits per heavy atom. The molecule has 0 aliphatic carbocycles. The number of carbonyl (C=O) groups is 1. The molecule has 1 aliphatic rings. The Hall–Kier alpha value is -1.65. The van der Waals surface area contributed by atoms with Crippen LogP contribution in [0.25, 0.3) is 0 Å². The zero-order chi connectivity index (χ0) is 11.0. The minimum atomic E-state index is -0.264. The molecule has 2 rings (SSSR count). The maximum atomic E-state index is 11.6. The highest BCUT2D eigenvalue weighted by atomic mass is 16.2. The average molecular weight is 206 g/mol. The second-order valence-corrected chi connectivity index (χ2v) is 4.06. The fourth-order valence-corrected chi connectivity index (χ4v) is 1.56. The first-order valence-corrected chi connectivity index (χ1v) is 4.95. The van der Waals surface area contributed by atoms with Crippen LogP contribution < -0.4 is 5.32 Å². The summed E-state index contributed by atoms with van der Waals surface area (Å²) in [4.78, 5) is 15.9. The summed E-state index contributed by atoms with van der Waals surface area (Å²) in [6.07, 6.45) is 3.53. The fourth-order valence-electron chi connectivity index (χ4n) is 1.56. The summed E-state index contributed by atoms with van der Waals surface area (Å²) in [6.45, 7) is 3.97. The summed E-state index contributed by atoms with van der Waals surface area (Å²) < 4.78 is 1.69. The SMILES string of the molecule is CC(C)C1N=C(c2cnn(C)c2)NC1=O. The van der Waals surface area contributed by atoms with Crippen LogP contribution in [0.5, 0.6) is 0 Å². The van der Waals surface area contributed by atoms with E-state index in [4.69, 9.17) is 0 Å². The fraction of sp³-hybridized carbons (Fsp3) is 0.500. The molecule has 1 N–H and O–H groups in total. The van der Waals surface area contributed by atoms with Crippen molar-refractivity contribution in [3.63, 3.8) is 0 Å². The van der Waals surface area contributed by atoms with Gasteiger partial charge in [0.2, 0.25) is 0 Å². The minimum Gasteiger partial charge on any atom is -0.308 e. The first kappa shape index (κ1) is 9.89. The molecule has 0 spiro atoms. The van der Waals surface area contributed by atoms with E-state index in [0.717, 1.165) is 5.56 Å². The lowest BCUT2D eigenvalue weighted by Gasteiger charge is -2.06. The first-order chi connectivity index (χ1) is 7.08. The molecule has 0 saturated heterocycles. The third-order valence-electron chi connectivity index (χ3n) is 2.39. The number of rotatable bonds is 2. The summed E-state index contributed by atoms with van der Waals surface area (Å²) >= 11 is 0. The summed E-state index contributed by atoms with van der Waals surface area (Å²) in [5, 5.41) is 6.81. The highest BCUT2D eigenvalue weighted by Gasteiger charge is 2.29. The lowest BCUT2D eigenvalue weighted by Crippen LogP contribution is -2.31. The van der Waals surface area contributed by atoms with Crippen molar-refractivity contribution in [1.29, 1.82) is 0 Å². The predicted molar refractivity (Wildman–Crippen MR) is 56.5 cm³/mol. The second kappa shape index (κ2) is 3.49. The molecular weight excluding hydrogens is 192 g/mol. The maximum absolute atomic E-state index is 11.6. The number of aliphatic imine (C=N–C) groups is 1. The monoisotopic (exact) mass is 206 g/mol. The number of amides is 1. The van der Waals surface area contributed by atoms with E-state index in [-0.39, 0.29) is 17.9 Å². The van der Waals surface area contributed by atoms with Crippen LogP contribution in [0.15, 0.2) is 17.4 Å². The van der Waals surface area contributed by atoms with Gasteiger partial charge in [-0.15, -0.1) is 0 Å². The molecule has 5 nitrogen and oxygen atoms in total. The maximum Gasteiger partial charge on any atom is 0.250 e. The van der Waals surface area contributed by atoms with E-state index in [1.807, 2.05) is 27.1 Å². The van der Waals surface area contributed by atoms with Crippen LogP contribution >= 0.6 is 0 Å². The van der Waals surface area contributed by atoms with E-state index < -0.39 is 0 Å². The lowest BCUT2D eigenvalue weighted by molar-refractivity contribution is -0.120. The van der Waals surface area contributed by atoms with Gasteiger partial charge in [0.05, 0.1) is 11.8 Å². The standard InChI is InChI=1S/C10H14N4O/c1-6(2)8-10(15)13-9(12-8)7-4-11-14(3)5-7/h4-6,8H,1-3H3,(H,12,13,15). The molecule has 15 heavy (non-hydrogen) atoms. The quantitative estimate of drug-likeness (QED) is 0.757. The smallest absolute Gasteiger partial charge is 0.250 e. The first-order valence-electron chi connectivity index (χ1n) is 4.95. The van der Waals surface area contributed by atoms with Gasteiger partial charge in [-0.05, 0) is 5.92 Å². The van der Waals surface area contributed by atoms with Gasteiger partial charge in [-0.3, -0.25) is 14.5 Å². The molecule has 2 heterocycles. The third kappa shape index (κ3) is 1.77. The molecule has 80 valence electrons. The lowest BCUT2D eigenvalue weighted by atomic mass is 10.1. The zero-order valence-electron chi connectivity index (χ0n) is 9.06. The molecule has 0 aromatic carbocycles. The molecule has 0 bridgehead atoms. The Morgan fingerprint density at radius 2 is 2.27 bits per heavy atom. The van der Waals surface area contributed by atoms with Crippen molar-refractivity contribution in [2.45, 2.75) is 19.9 Å². The Kier molecular flexibility index (Phi) is 2.30. The van der Waals surface area contributed by atoms with Crippen LogP contribution in [0.3, 0.4) is 0 Å². The number of hydrogen-bond donors (Lipinski definition) is 1. The van der Waals surface area contributed by atoms with Gasteiger partial charge in [-0.25, -0.2) is 0 Å². The molecule has 1 aromatic rings. The number of hydrogen-bond acceptors (Lipinski definition) is 3. The molecule has 5 heteroatoms. The average Bonchev–Trinajstić information content (AvgIpc) is 2.71. The number of aryl methyl sites for hydroxylation is 1. The van der Waals surface area contributed by atoms with Crippen LogP contribution in [0.1, 0.15) is 19.4 Å². The highest BCUT2D eigenvalue weighted by molar-refractivity contribution is 6.13. The Balaban J connectivity index is 2.26. The summed E-state index contributed by atoms with van der Waals surface area (Å²) in [7, 11) is 1.83. The Morgan fingerprint density at radius 3 is 2.73 bits per heavy atom. The van der Waals surface area contributed by atoms with Crippen LogP contribution in [0.2, 0.25) is 0 Å². The van der Waals surface area contributed by atoms with Crippen molar-refractivity contribution in [2.75, 3.05) is 0 Å². The van der Waals surface area contributed by atoms with Crippen LogP contribution in [0, 0.1) is 5.92 Å². The summed E-state index contributed by atoms with van der Waals surface area (Å²) in [5.74, 6) is 0.829. The molecular formula is C10H14N4O. The van der Waals surface area contributed by atoms with Crippen LogP contribution in [-0.2, 0) is 11.8 Å². The van der Waals surface area contributed by atoms with Crippen molar-refractivity contribution in [2.24, 2.45) is 18.0 Å². The zero-order valence-corrected chi connectivity index (χ0v) is 9.06. The van der Waals surface area contributed by atoms with Gasteiger partial charge >= 0.3 is 0 Å². The number of nitrogens with zero attached hydrogens (tertiary/aromatic N) is 3. The van der Waals surface area contributed by atoms with E-state index in [0.29, 0.717) is 5.84 Å². The molecule has 1 aliphatic heterocycles. The Labute approximate surface area is 88.2 Å². The van der Waals surface area contributed by atoms with E-state index in [1.54, 1.807) is 10.9 Å². The predicted octanol–water partition coefficient (Wildman–Crippen LogP) is 0.321. The van der Waals surface area contributed by atoms with Crippen molar-refractivity contribution < 1.29 is 4.79 Å². The van der Waals surface area contributed by atoms with E-state index in [9.17, 15) is 4.79 Å². The van der Waals surface area contributed by atoms with Gasteiger partial charge < -0.3 is 5.32 Å². The third-order valence-corrected chi connectivity index (χ3v) is 2.39.